The van der Waals surface area contributed by atoms with Crippen LogP contribution in [0.15, 0.2) is 18.2 Å². The van der Waals surface area contributed by atoms with Crippen LogP contribution in [-0.4, -0.2) is 42.0 Å². The summed E-state index contributed by atoms with van der Waals surface area (Å²) in [5.74, 6) is 0.0330. The van der Waals surface area contributed by atoms with Crippen molar-refractivity contribution >= 4 is 5.91 Å². The fraction of sp³-hybridized carbons (Fsp3) is 0.571. The van der Waals surface area contributed by atoms with E-state index in [1.807, 2.05) is 31.0 Å². The number of hydrogen-bond donors (Lipinski definition) is 1. The topological polar surface area (TPSA) is 45.2 Å². The van der Waals surface area contributed by atoms with Crippen LogP contribution in [0, 0.1) is 6.92 Å². The molecule has 0 aromatic carbocycles. The molecule has 1 amide bonds. The maximum Gasteiger partial charge on any atom is 0.272 e. The van der Waals surface area contributed by atoms with E-state index in [2.05, 4.69) is 10.3 Å². The van der Waals surface area contributed by atoms with Crippen molar-refractivity contribution in [2.75, 3.05) is 20.1 Å². The zero-order chi connectivity index (χ0) is 13.0. The van der Waals surface area contributed by atoms with E-state index < -0.39 is 0 Å². The van der Waals surface area contributed by atoms with Crippen molar-refractivity contribution in [2.24, 2.45) is 0 Å². The molecule has 1 aromatic rings. The second kappa shape index (κ2) is 5.96. The van der Waals surface area contributed by atoms with Gasteiger partial charge in [-0.1, -0.05) is 6.07 Å². The van der Waals surface area contributed by atoms with Gasteiger partial charge in [-0.15, -0.1) is 0 Å². The van der Waals surface area contributed by atoms with Gasteiger partial charge in [-0.25, -0.2) is 4.98 Å². The summed E-state index contributed by atoms with van der Waals surface area (Å²) in [4.78, 5) is 18.5. The molecule has 0 saturated carbocycles. The lowest BCUT2D eigenvalue weighted by Crippen LogP contribution is -2.38. The minimum absolute atomic E-state index is 0.0330. The molecule has 2 heterocycles. The summed E-state index contributed by atoms with van der Waals surface area (Å²) in [5, 5.41) is 3.37. The van der Waals surface area contributed by atoms with Gasteiger partial charge in [0.25, 0.3) is 5.91 Å². The summed E-state index contributed by atoms with van der Waals surface area (Å²) in [7, 11) is 1.89. The Morgan fingerprint density at radius 3 is 3.00 bits per heavy atom. The van der Waals surface area contributed by atoms with E-state index in [0.29, 0.717) is 11.7 Å². The quantitative estimate of drug-likeness (QED) is 0.863. The van der Waals surface area contributed by atoms with Gasteiger partial charge in [-0.2, -0.15) is 0 Å². The zero-order valence-corrected chi connectivity index (χ0v) is 11.1. The first-order chi connectivity index (χ1) is 8.68. The molecule has 4 nitrogen and oxygen atoms in total. The summed E-state index contributed by atoms with van der Waals surface area (Å²) in [5.41, 5.74) is 1.44. The van der Waals surface area contributed by atoms with Gasteiger partial charge >= 0.3 is 0 Å². The molecule has 0 radical (unpaired) electrons. The predicted octanol–water partition coefficient (Wildman–Crippen LogP) is 1.60. The monoisotopic (exact) mass is 247 g/mol. The second-order valence-electron chi connectivity index (χ2n) is 4.91. The molecule has 2 rings (SSSR count). The number of nitrogens with one attached hydrogen (secondary N) is 1. The van der Waals surface area contributed by atoms with Gasteiger partial charge in [0.05, 0.1) is 0 Å². The van der Waals surface area contributed by atoms with E-state index in [0.717, 1.165) is 38.0 Å². The number of pyridine rings is 1. The third-order valence-corrected chi connectivity index (χ3v) is 3.52. The van der Waals surface area contributed by atoms with Crippen molar-refractivity contribution < 1.29 is 4.79 Å². The molecule has 98 valence electrons. The highest BCUT2D eigenvalue weighted by atomic mass is 16.2. The van der Waals surface area contributed by atoms with Crippen LogP contribution >= 0.6 is 0 Å². The van der Waals surface area contributed by atoms with E-state index in [1.165, 1.54) is 0 Å². The Morgan fingerprint density at radius 1 is 1.39 bits per heavy atom. The molecule has 0 spiro atoms. The predicted molar refractivity (Wildman–Crippen MR) is 71.6 cm³/mol. The van der Waals surface area contributed by atoms with Crippen molar-refractivity contribution in [2.45, 2.75) is 32.2 Å². The zero-order valence-electron chi connectivity index (χ0n) is 11.1. The van der Waals surface area contributed by atoms with E-state index in [-0.39, 0.29) is 5.91 Å². The summed E-state index contributed by atoms with van der Waals surface area (Å²) in [6.45, 7) is 3.96. The lowest BCUT2D eigenvalue weighted by molar-refractivity contribution is 0.0714. The average molecular weight is 247 g/mol. The summed E-state index contributed by atoms with van der Waals surface area (Å²) >= 11 is 0. The van der Waals surface area contributed by atoms with Crippen LogP contribution in [0.2, 0.25) is 0 Å². The Labute approximate surface area is 108 Å². The molecule has 0 aliphatic carbocycles. The number of carbonyl (C=O) groups excluding carboxylic acids is 1. The van der Waals surface area contributed by atoms with Crippen molar-refractivity contribution in [3.63, 3.8) is 0 Å². The molecule has 1 unspecified atom stereocenters. The molecule has 1 N–H and O–H groups in total. The van der Waals surface area contributed by atoms with E-state index in [1.54, 1.807) is 6.07 Å². The summed E-state index contributed by atoms with van der Waals surface area (Å²) in [6, 6.07) is 5.92. The van der Waals surface area contributed by atoms with Crippen molar-refractivity contribution in [3.05, 3.63) is 29.6 Å². The summed E-state index contributed by atoms with van der Waals surface area (Å²) < 4.78 is 0. The number of amides is 1. The molecule has 1 aromatic heterocycles. The van der Waals surface area contributed by atoms with Crippen LogP contribution in [-0.2, 0) is 0 Å². The number of carbonyl (C=O) groups is 1. The number of aromatic nitrogens is 1. The van der Waals surface area contributed by atoms with Gasteiger partial charge in [0.2, 0.25) is 0 Å². The highest BCUT2D eigenvalue weighted by Gasteiger charge is 2.22. The standard InChI is InChI=1S/C14H21N3O/c1-11-5-3-7-13(16-11)14(18)17(2)12-6-4-9-15-10-8-12/h3,5,7,12,15H,4,6,8-10H2,1-2H3. The van der Waals surface area contributed by atoms with Crippen molar-refractivity contribution in [1.29, 1.82) is 0 Å². The largest absolute Gasteiger partial charge is 0.337 e. The van der Waals surface area contributed by atoms with Gasteiger partial charge < -0.3 is 10.2 Å². The minimum Gasteiger partial charge on any atom is -0.337 e. The van der Waals surface area contributed by atoms with Gasteiger partial charge in [-0.05, 0) is 51.4 Å². The number of rotatable bonds is 2. The van der Waals surface area contributed by atoms with Gasteiger partial charge in [0.1, 0.15) is 5.69 Å². The molecular weight excluding hydrogens is 226 g/mol. The fourth-order valence-electron chi connectivity index (χ4n) is 2.40. The van der Waals surface area contributed by atoms with E-state index in [4.69, 9.17) is 0 Å². The highest BCUT2D eigenvalue weighted by Crippen LogP contribution is 2.14. The maximum absolute atomic E-state index is 12.4. The van der Waals surface area contributed by atoms with Crippen LogP contribution in [0.25, 0.3) is 0 Å². The van der Waals surface area contributed by atoms with Crippen LogP contribution in [0.4, 0.5) is 0 Å². The average Bonchev–Trinajstić information content (AvgIpc) is 2.66. The van der Waals surface area contributed by atoms with Crippen LogP contribution in [0.1, 0.15) is 35.4 Å². The maximum atomic E-state index is 12.4. The smallest absolute Gasteiger partial charge is 0.272 e. The van der Waals surface area contributed by atoms with Gasteiger partial charge in [-0.3, -0.25) is 4.79 Å². The van der Waals surface area contributed by atoms with E-state index in [9.17, 15) is 4.79 Å². The third kappa shape index (κ3) is 3.07. The van der Waals surface area contributed by atoms with Crippen LogP contribution in [0.5, 0.6) is 0 Å². The Bertz CT molecular complexity index is 411. The normalized spacial score (nSPS) is 20.2. The van der Waals surface area contributed by atoms with Crippen LogP contribution < -0.4 is 5.32 Å². The SMILES string of the molecule is Cc1cccc(C(=O)N(C)C2CCCNCC2)n1. The molecule has 1 aliphatic rings. The molecule has 1 saturated heterocycles. The van der Waals surface area contributed by atoms with Crippen LogP contribution in [0.3, 0.4) is 0 Å². The highest BCUT2D eigenvalue weighted by molar-refractivity contribution is 5.92. The lowest BCUT2D eigenvalue weighted by Gasteiger charge is -2.26. The molecule has 4 heteroatoms. The first-order valence-corrected chi connectivity index (χ1v) is 6.60. The Balaban J connectivity index is 2.07. The number of hydrogen-bond acceptors (Lipinski definition) is 3. The lowest BCUT2D eigenvalue weighted by atomic mass is 10.1. The Kier molecular flexibility index (Phi) is 4.31. The number of aryl methyl sites for hydroxylation is 1. The minimum atomic E-state index is 0.0330. The third-order valence-electron chi connectivity index (χ3n) is 3.52. The van der Waals surface area contributed by atoms with Gasteiger partial charge in [0.15, 0.2) is 0 Å². The molecule has 1 aliphatic heterocycles. The van der Waals surface area contributed by atoms with Crippen molar-refractivity contribution in [3.8, 4) is 0 Å². The molecule has 18 heavy (non-hydrogen) atoms. The first-order valence-electron chi connectivity index (χ1n) is 6.60. The molecule has 1 fully saturated rings. The Morgan fingerprint density at radius 2 is 2.22 bits per heavy atom. The van der Waals surface area contributed by atoms with E-state index >= 15 is 0 Å². The first kappa shape index (κ1) is 13.0. The molecule has 0 bridgehead atoms. The van der Waals surface area contributed by atoms with Gasteiger partial charge in [0, 0.05) is 18.8 Å². The molecular formula is C14H21N3O. The summed E-state index contributed by atoms with van der Waals surface area (Å²) in [6.07, 6.45) is 3.22. The number of nitrogens with zero attached hydrogens (tertiary/aromatic N) is 2. The Hall–Kier alpha value is -1.42. The second-order valence-corrected chi connectivity index (χ2v) is 4.91. The molecule has 1 atom stereocenters. The van der Waals surface area contributed by atoms with Crippen molar-refractivity contribution in [1.82, 2.24) is 15.2 Å². The fourth-order valence-corrected chi connectivity index (χ4v) is 2.40.